The Hall–Kier alpha value is -1.24. The molecule has 1 unspecified atom stereocenters. The predicted molar refractivity (Wildman–Crippen MR) is 68.6 cm³/mol. The van der Waals surface area contributed by atoms with Crippen LogP contribution in [0.15, 0.2) is 12.3 Å². The maximum atomic E-state index is 5.61. The van der Waals surface area contributed by atoms with E-state index in [1.807, 2.05) is 24.7 Å². The Morgan fingerprint density at radius 3 is 2.76 bits per heavy atom. The lowest BCUT2D eigenvalue weighted by Crippen LogP contribution is -2.31. The van der Waals surface area contributed by atoms with E-state index in [1.54, 1.807) is 17.5 Å². The minimum absolute atomic E-state index is 0.0486. The van der Waals surface area contributed by atoms with Gasteiger partial charge in [-0.15, -0.1) is 11.3 Å². The highest BCUT2D eigenvalue weighted by Gasteiger charge is 2.16. The van der Waals surface area contributed by atoms with Crippen molar-refractivity contribution in [3.05, 3.63) is 33.5 Å². The first-order valence-electron chi connectivity index (χ1n) is 5.48. The Morgan fingerprint density at radius 2 is 2.29 bits per heavy atom. The molecule has 0 aliphatic heterocycles. The lowest BCUT2D eigenvalue weighted by Gasteiger charge is -2.14. The Kier molecular flexibility index (Phi) is 3.56. The molecule has 0 spiro atoms. The third-order valence-corrected chi connectivity index (χ3v) is 3.96. The second-order valence-corrected chi connectivity index (χ2v) is 5.34. The number of hydrazine groups is 1. The number of thiazole rings is 1. The molecule has 2 heterocycles. The lowest BCUT2D eigenvalue weighted by molar-refractivity contribution is 0.507. The standard InChI is InChI=1S/C11H17N5S/c1-7-8(2)17-11(14-7)6-9(15-12)10-4-5-13-16(10)3/h4-5,9,15H,6,12H2,1-3H3. The van der Waals surface area contributed by atoms with Crippen LogP contribution in [0.5, 0.6) is 0 Å². The molecule has 0 aliphatic rings. The summed E-state index contributed by atoms with van der Waals surface area (Å²) in [6.07, 6.45) is 2.56. The number of nitrogens with zero attached hydrogens (tertiary/aromatic N) is 3. The molecular formula is C11H17N5S. The summed E-state index contributed by atoms with van der Waals surface area (Å²) >= 11 is 1.72. The van der Waals surface area contributed by atoms with E-state index >= 15 is 0 Å². The fourth-order valence-corrected chi connectivity index (χ4v) is 2.76. The summed E-state index contributed by atoms with van der Waals surface area (Å²) in [5.41, 5.74) is 5.00. The van der Waals surface area contributed by atoms with Crippen molar-refractivity contribution in [3.8, 4) is 0 Å². The van der Waals surface area contributed by atoms with Crippen molar-refractivity contribution < 1.29 is 0 Å². The van der Waals surface area contributed by atoms with E-state index in [0.717, 1.165) is 22.8 Å². The third kappa shape index (κ3) is 2.54. The molecule has 0 saturated carbocycles. The van der Waals surface area contributed by atoms with Crippen LogP contribution in [0, 0.1) is 13.8 Å². The second kappa shape index (κ2) is 4.95. The summed E-state index contributed by atoms with van der Waals surface area (Å²) in [5.74, 6) is 5.61. The quantitative estimate of drug-likeness (QED) is 0.633. The number of aromatic nitrogens is 3. The summed E-state index contributed by atoms with van der Waals surface area (Å²) in [5, 5.41) is 5.26. The monoisotopic (exact) mass is 251 g/mol. The Morgan fingerprint density at radius 1 is 1.53 bits per heavy atom. The first-order valence-corrected chi connectivity index (χ1v) is 6.30. The van der Waals surface area contributed by atoms with Crippen LogP contribution in [-0.2, 0) is 13.5 Å². The van der Waals surface area contributed by atoms with Gasteiger partial charge >= 0.3 is 0 Å². The molecule has 0 amide bonds. The largest absolute Gasteiger partial charge is 0.271 e. The van der Waals surface area contributed by atoms with Crippen molar-refractivity contribution in [2.75, 3.05) is 0 Å². The van der Waals surface area contributed by atoms with Crippen LogP contribution >= 0.6 is 11.3 Å². The van der Waals surface area contributed by atoms with Gasteiger partial charge in [0.05, 0.1) is 22.4 Å². The summed E-state index contributed by atoms with van der Waals surface area (Å²) in [6, 6.07) is 2.02. The summed E-state index contributed by atoms with van der Waals surface area (Å²) in [7, 11) is 1.91. The molecule has 2 rings (SSSR count). The van der Waals surface area contributed by atoms with Gasteiger partial charge in [-0.3, -0.25) is 16.0 Å². The Bertz CT molecular complexity index is 482. The first-order chi connectivity index (χ1) is 8.11. The van der Waals surface area contributed by atoms with Crippen molar-refractivity contribution in [1.82, 2.24) is 20.2 Å². The molecule has 0 saturated heterocycles. The third-order valence-electron chi connectivity index (χ3n) is 2.87. The highest BCUT2D eigenvalue weighted by atomic mass is 32.1. The normalized spacial score (nSPS) is 12.9. The highest BCUT2D eigenvalue weighted by molar-refractivity contribution is 7.11. The molecular weight excluding hydrogens is 234 g/mol. The number of hydrogen-bond donors (Lipinski definition) is 2. The highest BCUT2D eigenvalue weighted by Crippen LogP contribution is 2.22. The van der Waals surface area contributed by atoms with E-state index in [-0.39, 0.29) is 6.04 Å². The van der Waals surface area contributed by atoms with Gasteiger partial charge in [-0.05, 0) is 19.9 Å². The van der Waals surface area contributed by atoms with Crippen LogP contribution in [-0.4, -0.2) is 14.8 Å². The molecule has 0 radical (unpaired) electrons. The number of nitrogens with two attached hydrogens (primary N) is 1. The molecule has 2 aromatic heterocycles. The zero-order chi connectivity index (χ0) is 12.4. The number of hydrogen-bond acceptors (Lipinski definition) is 5. The van der Waals surface area contributed by atoms with Crippen LogP contribution in [0.3, 0.4) is 0 Å². The van der Waals surface area contributed by atoms with Gasteiger partial charge in [0.1, 0.15) is 0 Å². The molecule has 6 heteroatoms. The number of nitrogens with one attached hydrogen (secondary N) is 1. The van der Waals surface area contributed by atoms with Gasteiger partial charge in [-0.2, -0.15) is 5.10 Å². The maximum absolute atomic E-state index is 5.61. The Balaban J connectivity index is 2.18. The van der Waals surface area contributed by atoms with Crippen molar-refractivity contribution in [1.29, 1.82) is 0 Å². The number of aryl methyl sites for hydroxylation is 3. The molecule has 5 nitrogen and oxygen atoms in total. The molecule has 0 fully saturated rings. The maximum Gasteiger partial charge on any atom is 0.0950 e. The van der Waals surface area contributed by atoms with Gasteiger partial charge in [-0.1, -0.05) is 0 Å². The van der Waals surface area contributed by atoms with E-state index in [4.69, 9.17) is 5.84 Å². The fourth-order valence-electron chi connectivity index (χ4n) is 1.78. The average molecular weight is 251 g/mol. The minimum Gasteiger partial charge on any atom is -0.271 e. The van der Waals surface area contributed by atoms with Crippen LogP contribution in [0.4, 0.5) is 0 Å². The molecule has 0 aliphatic carbocycles. The summed E-state index contributed by atoms with van der Waals surface area (Å²) in [6.45, 7) is 4.12. The van der Waals surface area contributed by atoms with Gasteiger partial charge in [0, 0.05) is 24.5 Å². The molecule has 92 valence electrons. The zero-order valence-corrected chi connectivity index (χ0v) is 11.1. The van der Waals surface area contributed by atoms with Crippen LogP contribution in [0.1, 0.15) is 27.3 Å². The average Bonchev–Trinajstić information content (AvgIpc) is 2.83. The summed E-state index contributed by atoms with van der Waals surface area (Å²) in [4.78, 5) is 5.80. The smallest absolute Gasteiger partial charge is 0.0950 e. The van der Waals surface area contributed by atoms with E-state index in [1.165, 1.54) is 4.88 Å². The molecule has 2 aromatic rings. The molecule has 1 atom stereocenters. The molecule has 0 aromatic carbocycles. The lowest BCUT2D eigenvalue weighted by atomic mass is 10.1. The van der Waals surface area contributed by atoms with Gasteiger partial charge in [-0.25, -0.2) is 4.98 Å². The first kappa shape index (κ1) is 12.2. The summed E-state index contributed by atoms with van der Waals surface area (Å²) < 4.78 is 1.83. The predicted octanol–water partition coefficient (Wildman–Crippen LogP) is 1.24. The molecule has 3 N–H and O–H groups in total. The van der Waals surface area contributed by atoms with Crippen LogP contribution in [0.25, 0.3) is 0 Å². The van der Waals surface area contributed by atoms with Crippen molar-refractivity contribution in [2.45, 2.75) is 26.3 Å². The molecule has 0 bridgehead atoms. The topological polar surface area (TPSA) is 68.8 Å². The van der Waals surface area contributed by atoms with Crippen molar-refractivity contribution in [3.63, 3.8) is 0 Å². The molecule has 17 heavy (non-hydrogen) atoms. The van der Waals surface area contributed by atoms with E-state index in [9.17, 15) is 0 Å². The van der Waals surface area contributed by atoms with Crippen molar-refractivity contribution in [2.24, 2.45) is 12.9 Å². The second-order valence-electron chi connectivity index (χ2n) is 4.05. The van der Waals surface area contributed by atoms with Gasteiger partial charge in [0.15, 0.2) is 0 Å². The van der Waals surface area contributed by atoms with E-state index < -0.39 is 0 Å². The van der Waals surface area contributed by atoms with Crippen molar-refractivity contribution >= 4 is 11.3 Å². The number of rotatable bonds is 4. The fraction of sp³-hybridized carbons (Fsp3) is 0.455. The zero-order valence-electron chi connectivity index (χ0n) is 10.3. The van der Waals surface area contributed by atoms with Gasteiger partial charge in [0.2, 0.25) is 0 Å². The van der Waals surface area contributed by atoms with Gasteiger partial charge in [0.25, 0.3) is 0 Å². The van der Waals surface area contributed by atoms with Gasteiger partial charge < -0.3 is 0 Å². The van der Waals surface area contributed by atoms with E-state index in [2.05, 4.69) is 22.4 Å². The Labute approximate surface area is 105 Å². The van der Waals surface area contributed by atoms with Crippen LogP contribution < -0.4 is 11.3 Å². The minimum atomic E-state index is 0.0486. The SMILES string of the molecule is Cc1nc(CC(NN)c2ccnn2C)sc1C. The van der Waals surface area contributed by atoms with E-state index in [0.29, 0.717) is 0 Å². The van der Waals surface area contributed by atoms with Crippen LogP contribution in [0.2, 0.25) is 0 Å².